The summed E-state index contributed by atoms with van der Waals surface area (Å²) in [6.07, 6.45) is 0. The molecule has 1 amide bonds. The first-order valence-electron chi connectivity index (χ1n) is 5.07. The Morgan fingerprint density at radius 2 is 2.35 bits per heavy atom. The zero-order valence-electron chi connectivity index (χ0n) is 9.30. The molecule has 88 valence electrons. The average molecular weight is 248 g/mol. The summed E-state index contributed by atoms with van der Waals surface area (Å²) in [6.45, 7) is 5.58. The third kappa shape index (κ3) is 2.68. The molecule has 1 fully saturated rings. The van der Waals surface area contributed by atoms with Crippen LogP contribution in [0.25, 0.3) is 0 Å². The number of phenolic OH excluding ortho intramolecular Hbond substituents is 1. The Hall–Kier alpha value is -1.75. The summed E-state index contributed by atoms with van der Waals surface area (Å²) < 4.78 is 0. The minimum absolute atomic E-state index is 0.0959. The number of amides is 1. The minimum Gasteiger partial charge on any atom is -0.508 e. The molecule has 5 heteroatoms. The van der Waals surface area contributed by atoms with Crippen LogP contribution in [0.15, 0.2) is 41.4 Å². The molecule has 2 rings (SSSR count). The molecule has 1 aliphatic heterocycles. The quantitative estimate of drug-likeness (QED) is 0.789. The fourth-order valence-corrected chi connectivity index (χ4v) is 2.33. The highest BCUT2D eigenvalue weighted by molar-refractivity contribution is 8.15. The van der Waals surface area contributed by atoms with Gasteiger partial charge < -0.3 is 10.4 Å². The molecule has 1 heterocycles. The maximum absolute atomic E-state index is 11.6. The van der Waals surface area contributed by atoms with Crippen molar-refractivity contribution < 1.29 is 9.90 Å². The van der Waals surface area contributed by atoms with Gasteiger partial charge in [-0.3, -0.25) is 4.79 Å². The maximum Gasteiger partial charge on any atom is 0.243 e. The van der Waals surface area contributed by atoms with Gasteiger partial charge >= 0.3 is 0 Å². The van der Waals surface area contributed by atoms with Crippen LogP contribution in [0.2, 0.25) is 0 Å². The monoisotopic (exact) mass is 248 g/mol. The van der Waals surface area contributed by atoms with E-state index in [1.54, 1.807) is 18.2 Å². The predicted molar refractivity (Wildman–Crippen MR) is 69.5 cm³/mol. The molecule has 1 atom stereocenters. The van der Waals surface area contributed by atoms with Crippen molar-refractivity contribution in [2.75, 3.05) is 0 Å². The molecular weight excluding hydrogens is 236 g/mol. The molecule has 0 aliphatic carbocycles. The molecule has 1 aromatic carbocycles. The predicted octanol–water partition coefficient (Wildman–Crippen LogP) is 2.19. The summed E-state index contributed by atoms with van der Waals surface area (Å²) in [4.78, 5) is 15.8. The molecule has 4 nitrogen and oxygen atoms in total. The normalized spacial score (nSPS) is 21.6. The highest BCUT2D eigenvalue weighted by atomic mass is 32.2. The van der Waals surface area contributed by atoms with E-state index in [0.717, 1.165) is 5.57 Å². The molecule has 1 aromatic rings. The molecule has 0 bridgehead atoms. The van der Waals surface area contributed by atoms with Crippen molar-refractivity contribution >= 4 is 28.5 Å². The van der Waals surface area contributed by atoms with Gasteiger partial charge in [0.1, 0.15) is 11.0 Å². The van der Waals surface area contributed by atoms with Gasteiger partial charge in [-0.05, 0) is 19.1 Å². The number of hydrogen-bond acceptors (Lipinski definition) is 4. The van der Waals surface area contributed by atoms with Crippen LogP contribution in [-0.4, -0.2) is 21.4 Å². The maximum atomic E-state index is 11.6. The largest absolute Gasteiger partial charge is 0.508 e. The van der Waals surface area contributed by atoms with Crippen molar-refractivity contribution in [1.82, 2.24) is 5.32 Å². The molecule has 1 unspecified atom stereocenters. The Morgan fingerprint density at radius 3 is 2.94 bits per heavy atom. The number of rotatable bonds is 2. The van der Waals surface area contributed by atoms with Gasteiger partial charge in [0.2, 0.25) is 5.91 Å². The smallest absolute Gasteiger partial charge is 0.243 e. The van der Waals surface area contributed by atoms with E-state index in [-0.39, 0.29) is 16.9 Å². The lowest BCUT2D eigenvalue weighted by molar-refractivity contribution is -0.118. The fourth-order valence-electron chi connectivity index (χ4n) is 1.42. The fraction of sp³-hybridized carbons (Fsp3) is 0.167. The molecule has 0 saturated carbocycles. The zero-order valence-corrected chi connectivity index (χ0v) is 10.1. The van der Waals surface area contributed by atoms with Gasteiger partial charge in [-0.25, -0.2) is 4.99 Å². The number of carbonyl (C=O) groups is 1. The molecule has 2 N–H and O–H groups in total. The van der Waals surface area contributed by atoms with Crippen molar-refractivity contribution in [2.24, 2.45) is 4.99 Å². The number of benzene rings is 1. The number of amidine groups is 1. The standard InChI is InChI=1S/C12H12N2O2S/c1-7(2)10-11(16)14-12(17-10)13-8-4-3-5-9(15)6-8/h3-6,10,15H,1H2,2H3,(H,13,14,16). The Morgan fingerprint density at radius 1 is 1.59 bits per heavy atom. The number of thioether (sulfide) groups is 1. The van der Waals surface area contributed by atoms with Gasteiger partial charge in [0.05, 0.1) is 5.69 Å². The first-order valence-corrected chi connectivity index (χ1v) is 5.95. The summed E-state index contributed by atoms with van der Waals surface area (Å²) in [5, 5.41) is 12.3. The van der Waals surface area contributed by atoms with Crippen LogP contribution in [0.1, 0.15) is 6.92 Å². The highest BCUT2D eigenvalue weighted by Gasteiger charge is 2.30. The van der Waals surface area contributed by atoms with Gasteiger partial charge in [-0.15, -0.1) is 0 Å². The van der Waals surface area contributed by atoms with Gasteiger partial charge in [0, 0.05) is 6.07 Å². The van der Waals surface area contributed by atoms with E-state index < -0.39 is 0 Å². The summed E-state index contributed by atoms with van der Waals surface area (Å²) in [5.74, 6) is 0.0547. The van der Waals surface area contributed by atoms with Gasteiger partial charge in [-0.1, -0.05) is 30.0 Å². The van der Waals surface area contributed by atoms with E-state index in [1.165, 1.54) is 17.8 Å². The van der Waals surface area contributed by atoms with Crippen molar-refractivity contribution in [1.29, 1.82) is 0 Å². The van der Waals surface area contributed by atoms with Crippen LogP contribution in [-0.2, 0) is 4.79 Å². The summed E-state index contributed by atoms with van der Waals surface area (Å²) in [7, 11) is 0. The van der Waals surface area contributed by atoms with Crippen LogP contribution < -0.4 is 5.32 Å². The Labute approximate surface area is 103 Å². The summed E-state index contributed by atoms with van der Waals surface area (Å²) >= 11 is 1.34. The van der Waals surface area contributed by atoms with Crippen molar-refractivity contribution in [3.63, 3.8) is 0 Å². The number of nitrogens with zero attached hydrogens (tertiary/aromatic N) is 1. The van der Waals surface area contributed by atoms with Gasteiger partial charge in [0.25, 0.3) is 0 Å². The number of carbonyl (C=O) groups excluding carboxylic acids is 1. The van der Waals surface area contributed by atoms with E-state index in [1.807, 2.05) is 6.92 Å². The van der Waals surface area contributed by atoms with Crippen LogP contribution in [0.3, 0.4) is 0 Å². The topological polar surface area (TPSA) is 61.7 Å². The Bertz CT molecular complexity index is 511. The first-order chi connectivity index (χ1) is 8.06. The lowest BCUT2D eigenvalue weighted by Crippen LogP contribution is -2.25. The van der Waals surface area contributed by atoms with Crippen molar-refractivity contribution in [2.45, 2.75) is 12.2 Å². The lowest BCUT2D eigenvalue weighted by Gasteiger charge is -2.01. The summed E-state index contributed by atoms with van der Waals surface area (Å²) in [6, 6.07) is 6.56. The molecule has 17 heavy (non-hydrogen) atoms. The average Bonchev–Trinajstić information content (AvgIpc) is 2.59. The van der Waals surface area contributed by atoms with Crippen molar-refractivity contribution in [3.8, 4) is 5.75 Å². The van der Waals surface area contributed by atoms with E-state index in [0.29, 0.717) is 10.9 Å². The third-order valence-electron chi connectivity index (χ3n) is 2.21. The van der Waals surface area contributed by atoms with Gasteiger partial charge in [0.15, 0.2) is 5.17 Å². The lowest BCUT2D eigenvalue weighted by atomic mass is 10.2. The molecule has 1 aliphatic rings. The van der Waals surface area contributed by atoms with Crippen LogP contribution in [0.5, 0.6) is 5.75 Å². The molecule has 1 saturated heterocycles. The Kier molecular flexibility index (Phi) is 3.19. The van der Waals surface area contributed by atoms with Crippen LogP contribution in [0.4, 0.5) is 5.69 Å². The Balaban J connectivity index is 2.20. The second kappa shape index (κ2) is 4.63. The highest BCUT2D eigenvalue weighted by Crippen LogP contribution is 2.27. The van der Waals surface area contributed by atoms with Crippen molar-refractivity contribution in [3.05, 3.63) is 36.4 Å². The molecule has 0 aromatic heterocycles. The molecular formula is C12H12N2O2S. The van der Waals surface area contributed by atoms with E-state index >= 15 is 0 Å². The summed E-state index contributed by atoms with van der Waals surface area (Å²) in [5.41, 5.74) is 1.41. The van der Waals surface area contributed by atoms with Crippen LogP contribution in [0, 0.1) is 0 Å². The second-order valence-electron chi connectivity index (χ2n) is 3.77. The number of phenols is 1. The second-order valence-corrected chi connectivity index (χ2v) is 4.86. The number of aromatic hydroxyl groups is 1. The van der Waals surface area contributed by atoms with E-state index in [4.69, 9.17) is 0 Å². The number of nitrogens with one attached hydrogen (secondary N) is 1. The number of hydrogen-bond donors (Lipinski definition) is 2. The third-order valence-corrected chi connectivity index (χ3v) is 3.47. The minimum atomic E-state index is -0.272. The van der Waals surface area contributed by atoms with E-state index in [2.05, 4.69) is 16.9 Å². The van der Waals surface area contributed by atoms with Crippen LogP contribution >= 0.6 is 11.8 Å². The first kappa shape index (κ1) is 11.7. The molecule has 0 spiro atoms. The van der Waals surface area contributed by atoms with E-state index in [9.17, 15) is 9.90 Å². The molecule has 0 radical (unpaired) electrons. The zero-order chi connectivity index (χ0) is 12.4. The SMILES string of the molecule is C=C(C)C1SC(=Nc2cccc(O)c2)NC1=O. The van der Waals surface area contributed by atoms with Gasteiger partial charge in [-0.2, -0.15) is 0 Å². The number of aliphatic imine (C=N–C) groups is 1.